The number of alkyl halides is 3. The fourth-order valence-electron chi connectivity index (χ4n) is 1.57. The van der Waals surface area contributed by atoms with Crippen LogP contribution in [0.25, 0.3) is 0 Å². The monoisotopic (exact) mass is 241 g/mol. The Bertz CT molecular complexity index is 517. The summed E-state index contributed by atoms with van der Waals surface area (Å²) in [4.78, 5) is 0. The number of hydrogen-bond donors (Lipinski definition) is 1. The minimum absolute atomic E-state index is 0.0485. The highest BCUT2D eigenvalue weighted by Gasteiger charge is 2.32. The summed E-state index contributed by atoms with van der Waals surface area (Å²) in [6.45, 7) is 0.0485. The fraction of sp³-hybridized carbons (Fsp3) is 0.182. The van der Waals surface area contributed by atoms with Gasteiger partial charge in [-0.25, -0.2) is 0 Å². The van der Waals surface area contributed by atoms with Crippen molar-refractivity contribution in [2.75, 3.05) is 5.73 Å². The molecule has 2 N–H and O–H groups in total. The number of rotatable bonds is 2. The van der Waals surface area contributed by atoms with Gasteiger partial charge in [-0.3, -0.25) is 4.68 Å². The van der Waals surface area contributed by atoms with E-state index < -0.39 is 11.7 Å². The molecule has 0 atom stereocenters. The highest BCUT2D eigenvalue weighted by atomic mass is 19.4. The van der Waals surface area contributed by atoms with E-state index in [1.807, 2.05) is 0 Å². The van der Waals surface area contributed by atoms with Crippen molar-refractivity contribution >= 4 is 5.82 Å². The zero-order valence-corrected chi connectivity index (χ0v) is 8.78. The van der Waals surface area contributed by atoms with Crippen molar-refractivity contribution in [3.05, 3.63) is 47.7 Å². The highest BCUT2D eigenvalue weighted by molar-refractivity contribution is 5.30. The van der Waals surface area contributed by atoms with E-state index in [0.717, 1.165) is 6.07 Å². The molecule has 1 aromatic heterocycles. The van der Waals surface area contributed by atoms with Crippen molar-refractivity contribution in [2.24, 2.45) is 0 Å². The van der Waals surface area contributed by atoms with E-state index in [9.17, 15) is 13.2 Å². The maximum Gasteiger partial charge on any atom is 0.416 e. The SMILES string of the molecule is Nc1ccn(Cc2ccccc2C(F)(F)F)n1. The lowest BCUT2D eigenvalue weighted by atomic mass is 10.1. The van der Waals surface area contributed by atoms with E-state index in [2.05, 4.69) is 5.10 Å². The van der Waals surface area contributed by atoms with E-state index in [4.69, 9.17) is 5.73 Å². The van der Waals surface area contributed by atoms with E-state index >= 15 is 0 Å². The van der Waals surface area contributed by atoms with Crippen LogP contribution in [0.4, 0.5) is 19.0 Å². The summed E-state index contributed by atoms with van der Waals surface area (Å²) in [6, 6.07) is 6.96. The Morgan fingerprint density at radius 2 is 1.88 bits per heavy atom. The van der Waals surface area contributed by atoms with Gasteiger partial charge >= 0.3 is 6.18 Å². The lowest BCUT2D eigenvalue weighted by Crippen LogP contribution is -2.12. The summed E-state index contributed by atoms with van der Waals surface area (Å²) < 4.78 is 39.5. The average Bonchev–Trinajstić information content (AvgIpc) is 2.63. The number of halogens is 3. The molecule has 0 aliphatic carbocycles. The molecule has 1 heterocycles. The second kappa shape index (κ2) is 4.12. The van der Waals surface area contributed by atoms with Crippen LogP contribution >= 0.6 is 0 Å². The minimum atomic E-state index is -4.35. The topological polar surface area (TPSA) is 43.8 Å². The molecule has 0 bridgehead atoms. The van der Waals surface area contributed by atoms with Crippen molar-refractivity contribution in [1.29, 1.82) is 0 Å². The zero-order valence-electron chi connectivity index (χ0n) is 8.78. The number of anilines is 1. The van der Waals surface area contributed by atoms with Crippen LogP contribution in [0.5, 0.6) is 0 Å². The minimum Gasteiger partial charge on any atom is -0.382 e. The molecule has 1 aromatic carbocycles. The average molecular weight is 241 g/mol. The van der Waals surface area contributed by atoms with Crippen LogP contribution < -0.4 is 5.73 Å². The molecule has 2 aromatic rings. The van der Waals surface area contributed by atoms with Crippen molar-refractivity contribution in [2.45, 2.75) is 12.7 Å². The maximum absolute atomic E-state index is 12.7. The van der Waals surface area contributed by atoms with Crippen LogP contribution in [0.1, 0.15) is 11.1 Å². The number of aromatic nitrogens is 2. The molecule has 0 fully saturated rings. The Balaban J connectivity index is 2.33. The maximum atomic E-state index is 12.7. The van der Waals surface area contributed by atoms with Crippen LogP contribution in [0.2, 0.25) is 0 Å². The number of nitrogens with two attached hydrogens (primary N) is 1. The standard InChI is InChI=1S/C11H10F3N3/c12-11(13,14)9-4-2-1-3-8(9)7-17-6-5-10(15)16-17/h1-6H,7H2,(H2,15,16). The zero-order chi connectivity index (χ0) is 12.5. The highest BCUT2D eigenvalue weighted by Crippen LogP contribution is 2.32. The molecule has 90 valence electrons. The van der Waals surface area contributed by atoms with Crippen LogP contribution in [-0.4, -0.2) is 9.78 Å². The van der Waals surface area contributed by atoms with Crippen LogP contribution in [0.15, 0.2) is 36.5 Å². The van der Waals surface area contributed by atoms with Crippen LogP contribution in [0, 0.1) is 0 Å². The Hall–Kier alpha value is -1.98. The van der Waals surface area contributed by atoms with E-state index in [-0.39, 0.29) is 17.9 Å². The Labute approximate surface area is 95.7 Å². The third-order valence-electron chi connectivity index (χ3n) is 2.32. The molecule has 6 heteroatoms. The smallest absolute Gasteiger partial charge is 0.382 e. The molecular formula is C11H10F3N3. The van der Waals surface area contributed by atoms with E-state index in [1.165, 1.54) is 22.9 Å². The second-order valence-electron chi connectivity index (χ2n) is 3.59. The largest absolute Gasteiger partial charge is 0.416 e. The molecule has 0 saturated heterocycles. The Morgan fingerprint density at radius 3 is 2.47 bits per heavy atom. The predicted octanol–water partition coefficient (Wildman–Crippen LogP) is 2.53. The first-order valence-electron chi connectivity index (χ1n) is 4.91. The van der Waals surface area contributed by atoms with Crippen LogP contribution in [0.3, 0.4) is 0 Å². The van der Waals surface area contributed by atoms with Gasteiger partial charge in [0.25, 0.3) is 0 Å². The van der Waals surface area contributed by atoms with E-state index in [0.29, 0.717) is 0 Å². The first kappa shape index (κ1) is 11.5. The first-order chi connectivity index (χ1) is 7.97. The summed E-state index contributed by atoms with van der Waals surface area (Å²) in [6.07, 6.45) is -2.81. The molecule has 0 spiro atoms. The summed E-state index contributed by atoms with van der Waals surface area (Å²) in [5.74, 6) is 0.287. The van der Waals surface area contributed by atoms with Gasteiger partial charge in [0.15, 0.2) is 0 Å². The number of hydrogen-bond acceptors (Lipinski definition) is 2. The summed E-state index contributed by atoms with van der Waals surface area (Å²) >= 11 is 0. The first-order valence-corrected chi connectivity index (χ1v) is 4.91. The third kappa shape index (κ3) is 2.58. The summed E-state index contributed by atoms with van der Waals surface area (Å²) in [5, 5.41) is 3.86. The summed E-state index contributed by atoms with van der Waals surface area (Å²) in [7, 11) is 0. The van der Waals surface area contributed by atoms with Crippen LogP contribution in [-0.2, 0) is 12.7 Å². The van der Waals surface area contributed by atoms with Crippen molar-refractivity contribution in [1.82, 2.24) is 9.78 Å². The molecule has 0 amide bonds. The lowest BCUT2D eigenvalue weighted by molar-refractivity contribution is -0.138. The molecule has 3 nitrogen and oxygen atoms in total. The lowest BCUT2D eigenvalue weighted by Gasteiger charge is -2.12. The molecular weight excluding hydrogens is 231 g/mol. The third-order valence-corrected chi connectivity index (χ3v) is 2.32. The van der Waals surface area contributed by atoms with Gasteiger partial charge < -0.3 is 5.73 Å². The molecule has 2 rings (SSSR count). The molecule has 0 radical (unpaired) electrons. The van der Waals surface area contributed by atoms with Crippen molar-refractivity contribution in [3.8, 4) is 0 Å². The van der Waals surface area contributed by atoms with Gasteiger partial charge in [0.1, 0.15) is 5.82 Å². The quantitative estimate of drug-likeness (QED) is 0.878. The Morgan fingerprint density at radius 1 is 1.18 bits per heavy atom. The predicted molar refractivity (Wildman–Crippen MR) is 57.2 cm³/mol. The number of nitrogen functional groups attached to an aromatic ring is 1. The Kier molecular flexibility index (Phi) is 2.79. The van der Waals surface area contributed by atoms with Gasteiger partial charge in [0.2, 0.25) is 0 Å². The van der Waals surface area contributed by atoms with Gasteiger partial charge in [-0.15, -0.1) is 0 Å². The molecule has 0 saturated carbocycles. The van der Waals surface area contributed by atoms with Crippen molar-refractivity contribution in [3.63, 3.8) is 0 Å². The number of nitrogens with zero attached hydrogens (tertiary/aromatic N) is 2. The van der Waals surface area contributed by atoms with E-state index in [1.54, 1.807) is 12.3 Å². The summed E-state index contributed by atoms with van der Waals surface area (Å²) in [5.41, 5.74) is 4.93. The number of benzene rings is 1. The molecule has 17 heavy (non-hydrogen) atoms. The second-order valence-corrected chi connectivity index (χ2v) is 3.59. The van der Waals surface area contributed by atoms with Gasteiger partial charge in [-0.2, -0.15) is 18.3 Å². The normalized spacial score (nSPS) is 11.7. The van der Waals surface area contributed by atoms with Crippen molar-refractivity contribution < 1.29 is 13.2 Å². The molecule has 0 unspecified atom stereocenters. The fourth-order valence-corrected chi connectivity index (χ4v) is 1.57. The van der Waals surface area contributed by atoms with Gasteiger partial charge in [0.05, 0.1) is 12.1 Å². The van der Waals surface area contributed by atoms with Gasteiger partial charge in [0, 0.05) is 6.20 Å². The van der Waals surface area contributed by atoms with Gasteiger partial charge in [-0.1, -0.05) is 18.2 Å². The van der Waals surface area contributed by atoms with Gasteiger partial charge in [-0.05, 0) is 17.7 Å². The molecule has 0 aliphatic heterocycles. The molecule has 0 aliphatic rings.